The minimum atomic E-state index is 0.0278. The molecule has 1 heterocycles. The van der Waals surface area contributed by atoms with Crippen LogP contribution in [-0.4, -0.2) is 31.5 Å². The molecule has 0 aliphatic rings. The lowest BCUT2D eigenvalue weighted by molar-refractivity contribution is -0.122. The predicted octanol–water partition coefficient (Wildman–Crippen LogP) is 3.37. The quantitative estimate of drug-likeness (QED) is 0.845. The molecular weight excluding hydrogens is 308 g/mol. The number of nitrogens with one attached hydrogen (secondary N) is 1. The lowest BCUT2D eigenvalue weighted by atomic mass is 10.1. The van der Waals surface area contributed by atoms with Crippen LogP contribution in [0, 0.1) is 6.92 Å². The number of carbonyl (C=O) groups excluding carboxylic acids is 1. The highest BCUT2D eigenvalue weighted by Crippen LogP contribution is 2.21. The minimum absolute atomic E-state index is 0.0278. The second kappa shape index (κ2) is 8.13. The SMILES string of the molecule is COc1ccc(C)cc1CN(C)CC(=O)N[C@@H](C)c1cccs1. The Balaban J connectivity index is 1.90. The molecule has 0 spiro atoms. The predicted molar refractivity (Wildman–Crippen MR) is 94.9 cm³/mol. The van der Waals surface area contributed by atoms with Crippen LogP contribution >= 0.6 is 11.3 Å². The first-order valence-corrected chi connectivity index (χ1v) is 8.52. The summed E-state index contributed by atoms with van der Waals surface area (Å²) in [5.74, 6) is 0.884. The van der Waals surface area contributed by atoms with Crippen molar-refractivity contribution in [1.82, 2.24) is 10.2 Å². The molecule has 23 heavy (non-hydrogen) atoms. The summed E-state index contributed by atoms with van der Waals surface area (Å²) in [5.41, 5.74) is 2.28. The van der Waals surface area contributed by atoms with E-state index >= 15 is 0 Å². The topological polar surface area (TPSA) is 41.6 Å². The molecule has 0 aliphatic heterocycles. The molecule has 2 aromatic rings. The molecule has 0 fully saturated rings. The minimum Gasteiger partial charge on any atom is -0.496 e. The fourth-order valence-corrected chi connectivity index (χ4v) is 3.25. The third-order valence-electron chi connectivity index (χ3n) is 3.64. The summed E-state index contributed by atoms with van der Waals surface area (Å²) < 4.78 is 5.39. The number of rotatable bonds is 7. The second-order valence-electron chi connectivity index (χ2n) is 5.79. The Morgan fingerprint density at radius 3 is 2.83 bits per heavy atom. The van der Waals surface area contributed by atoms with Crippen molar-refractivity contribution < 1.29 is 9.53 Å². The Kier molecular flexibility index (Phi) is 6.19. The average molecular weight is 332 g/mol. The summed E-state index contributed by atoms with van der Waals surface area (Å²) in [4.78, 5) is 15.4. The fraction of sp³-hybridized carbons (Fsp3) is 0.389. The zero-order valence-electron chi connectivity index (χ0n) is 14.1. The molecule has 1 amide bonds. The van der Waals surface area contributed by atoms with Crippen molar-refractivity contribution in [3.63, 3.8) is 0 Å². The van der Waals surface area contributed by atoms with Gasteiger partial charge < -0.3 is 10.1 Å². The Hall–Kier alpha value is -1.85. The third kappa shape index (κ3) is 5.08. The first-order chi connectivity index (χ1) is 11.0. The van der Waals surface area contributed by atoms with Crippen molar-refractivity contribution in [3.8, 4) is 5.75 Å². The van der Waals surface area contributed by atoms with Gasteiger partial charge in [0.25, 0.3) is 0 Å². The van der Waals surface area contributed by atoms with Gasteiger partial charge in [-0.25, -0.2) is 0 Å². The van der Waals surface area contributed by atoms with Gasteiger partial charge in [0.1, 0.15) is 5.75 Å². The van der Waals surface area contributed by atoms with Crippen molar-refractivity contribution >= 4 is 17.2 Å². The molecule has 0 bridgehead atoms. The monoisotopic (exact) mass is 332 g/mol. The Morgan fingerprint density at radius 2 is 2.17 bits per heavy atom. The Morgan fingerprint density at radius 1 is 1.39 bits per heavy atom. The summed E-state index contributed by atoms with van der Waals surface area (Å²) in [6.45, 7) is 5.09. The smallest absolute Gasteiger partial charge is 0.234 e. The number of methoxy groups -OCH3 is 1. The van der Waals surface area contributed by atoms with E-state index < -0.39 is 0 Å². The molecule has 0 saturated heterocycles. The molecule has 1 atom stereocenters. The highest BCUT2D eigenvalue weighted by Gasteiger charge is 2.13. The maximum absolute atomic E-state index is 12.2. The summed E-state index contributed by atoms with van der Waals surface area (Å²) in [6.07, 6.45) is 0. The van der Waals surface area contributed by atoms with Gasteiger partial charge in [-0.15, -0.1) is 11.3 Å². The van der Waals surface area contributed by atoms with Gasteiger partial charge in [-0.2, -0.15) is 0 Å². The molecule has 1 aromatic carbocycles. The highest BCUT2D eigenvalue weighted by molar-refractivity contribution is 7.10. The van der Waals surface area contributed by atoms with E-state index in [1.54, 1.807) is 18.4 Å². The number of thiophene rings is 1. The molecule has 1 aromatic heterocycles. The first-order valence-electron chi connectivity index (χ1n) is 7.64. The number of likely N-dealkylation sites (N-methyl/N-ethyl adjacent to an activating group) is 1. The average Bonchev–Trinajstić information content (AvgIpc) is 3.01. The van der Waals surface area contributed by atoms with Crippen molar-refractivity contribution in [3.05, 3.63) is 51.7 Å². The zero-order chi connectivity index (χ0) is 16.8. The Labute approximate surface area is 142 Å². The number of amides is 1. The summed E-state index contributed by atoms with van der Waals surface area (Å²) in [6, 6.07) is 10.2. The van der Waals surface area contributed by atoms with Crippen LogP contribution in [0.5, 0.6) is 5.75 Å². The van der Waals surface area contributed by atoms with Crippen LogP contribution < -0.4 is 10.1 Å². The lowest BCUT2D eigenvalue weighted by Crippen LogP contribution is -2.36. The van der Waals surface area contributed by atoms with Crippen molar-refractivity contribution in [1.29, 1.82) is 0 Å². The van der Waals surface area contributed by atoms with Crippen molar-refractivity contribution in [2.45, 2.75) is 26.4 Å². The summed E-state index contributed by atoms with van der Waals surface area (Å²) >= 11 is 1.66. The van der Waals surface area contributed by atoms with Gasteiger partial charge in [-0.1, -0.05) is 23.8 Å². The fourth-order valence-electron chi connectivity index (χ4n) is 2.52. The highest BCUT2D eigenvalue weighted by atomic mass is 32.1. The van der Waals surface area contributed by atoms with Gasteiger partial charge in [-0.05, 0) is 38.4 Å². The van der Waals surface area contributed by atoms with Gasteiger partial charge in [0.2, 0.25) is 5.91 Å². The molecule has 5 heteroatoms. The molecule has 4 nitrogen and oxygen atoms in total. The molecule has 0 aliphatic carbocycles. The number of carbonyl (C=O) groups is 1. The number of nitrogens with zero attached hydrogens (tertiary/aromatic N) is 1. The first kappa shape index (κ1) is 17.5. The standard InChI is InChI=1S/C18H24N2O2S/c1-13-7-8-16(22-4)15(10-13)11-20(3)12-18(21)19-14(2)17-6-5-9-23-17/h5-10,14H,11-12H2,1-4H3,(H,19,21)/t14-/m0/s1. The van der Waals surface area contributed by atoms with Gasteiger partial charge in [0.05, 0.1) is 19.7 Å². The van der Waals surface area contributed by atoms with E-state index in [1.807, 2.05) is 48.5 Å². The van der Waals surface area contributed by atoms with E-state index in [4.69, 9.17) is 4.74 Å². The van der Waals surface area contributed by atoms with Crippen LogP contribution in [0.25, 0.3) is 0 Å². The van der Waals surface area contributed by atoms with Crippen molar-refractivity contribution in [2.24, 2.45) is 0 Å². The van der Waals surface area contributed by atoms with E-state index in [0.29, 0.717) is 13.1 Å². The lowest BCUT2D eigenvalue weighted by Gasteiger charge is -2.20. The second-order valence-corrected chi connectivity index (χ2v) is 6.77. The summed E-state index contributed by atoms with van der Waals surface area (Å²) in [7, 11) is 3.61. The van der Waals surface area contributed by atoms with Crippen molar-refractivity contribution in [2.75, 3.05) is 20.7 Å². The van der Waals surface area contributed by atoms with Gasteiger partial charge in [0.15, 0.2) is 0 Å². The van der Waals surface area contributed by atoms with E-state index in [-0.39, 0.29) is 11.9 Å². The maximum Gasteiger partial charge on any atom is 0.234 e. The molecule has 2 rings (SSSR count). The van der Waals surface area contributed by atoms with E-state index in [1.165, 1.54) is 10.4 Å². The van der Waals surface area contributed by atoms with Crippen LogP contribution in [0.2, 0.25) is 0 Å². The van der Waals surface area contributed by atoms with Gasteiger partial charge in [-0.3, -0.25) is 9.69 Å². The normalized spacial score (nSPS) is 12.2. The van der Waals surface area contributed by atoms with Gasteiger partial charge in [0, 0.05) is 17.0 Å². The molecule has 0 radical (unpaired) electrons. The zero-order valence-corrected chi connectivity index (χ0v) is 14.9. The van der Waals surface area contributed by atoms with E-state index in [2.05, 4.69) is 18.3 Å². The van der Waals surface area contributed by atoms with Crippen LogP contribution in [-0.2, 0) is 11.3 Å². The van der Waals surface area contributed by atoms with Gasteiger partial charge >= 0.3 is 0 Å². The number of hydrogen-bond acceptors (Lipinski definition) is 4. The summed E-state index contributed by atoms with van der Waals surface area (Å²) in [5, 5.41) is 5.06. The number of ether oxygens (including phenoxy) is 1. The molecule has 124 valence electrons. The number of aryl methyl sites for hydroxylation is 1. The third-order valence-corrected chi connectivity index (χ3v) is 4.69. The van der Waals surface area contributed by atoms with Crippen LogP contribution in [0.1, 0.15) is 29.0 Å². The van der Waals surface area contributed by atoms with E-state index in [0.717, 1.165) is 11.3 Å². The number of hydrogen-bond donors (Lipinski definition) is 1. The van der Waals surface area contributed by atoms with Crippen LogP contribution in [0.3, 0.4) is 0 Å². The molecular formula is C18H24N2O2S. The van der Waals surface area contributed by atoms with Crippen LogP contribution in [0.4, 0.5) is 0 Å². The maximum atomic E-state index is 12.2. The molecule has 0 unspecified atom stereocenters. The number of benzene rings is 1. The largest absolute Gasteiger partial charge is 0.496 e. The van der Waals surface area contributed by atoms with Crippen LogP contribution in [0.15, 0.2) is 35.7 Å². The Bertz CT molecular complexity index is 640. The molecule has 1 N–H and O–H groups in total. The molecule has 0 saturated carbocycles. The van der Waals surface area contributed by atoms with E-state index in [9.17, 15) is 4.79 Å².